The first-order valence-electron chi connectivity index (χ1n) is 6.88. The van der Waals surface area contributed by atoms with Crippen LogP contribution in [0.5, 0.6) is 5.75 Å². The van der Waals surface area contributed by atoms with Crippen LogP contribution in [0.4, 0.5) is 0 Å². The van der Waals surface area contributed by atoms with Crippen molar-refractivity contribution in [1.29, 1.82) is 0 Å². The molecule has 0 aromatic heterocycles. The van der Waals surface area contributed by atoms with Gasteiger partial charge in [0.1, 0.15) is 18.5 Å². The largest absolute Gasteiger partial charge is 0.489 e. The Morgan fingerprint density at radius 1 is 1.14 bits per heavy atom. The molecule has 2 aromatic rings. The smallest absolute Gasteiger partial charge is 0.306 e. The first-order chi connectivity index (χ1) is 10.2. The molecule has 1 heterocycles. The predicted octanol–water partition coefficient (Wildman–Crippen LogP) is 4.25. The number of halogens is 1. The Hall–Kier alpha value is -1.56. The van der Waals surface area contributed by atoms with Crippen molar-refractivity contribution in [3.63, 3.8) is 0 Å². The topological polar surface area (TPSA) is 35.5 Å². The molecule has 1 aliphatic rings. The van der Waals surface area contributed by atoms with Crippen LogP contribution in [-0.4, -0.2) is 5.97 Å². The molecule has 1 saturated heterocycles. The summed E-state index contributed by atoms with van der Waals surface area (Å²) in [5.41, 5.74) is 2.20. The standard InChI is InChI=1S/C17H15IO3/c18-15-4-2-1-3-13(15)11-20-14-7-5-12(6-8-14)16-9-10-17(19)21-16/h1-8,16H,9-11H2/t16-/m1/s1. The lowest BCUT2D eigenvalue weighted by Gasteiger charge is -2.11. The summed E-state index contributed by atoms with van der Waals surface area (Å²) < 4.78 is 12.2. The van der Waals surface area contributed by atoms with Gasteiger partial charge in [-0.15, -0.1) is 0 Å². The van der Waals surface area contributed by atoms with Gasteiger partial charge in [-0.25, -0.2) is 0 Å². The number of esters is 1. The number of carbonyl (C=O) groups excluding carboxylic acids is 1. The van der Waals surface area contributed by atoms with Crippen LogP contribution in [0.3, 0.4) is 0 Å². The molecule has 4 heteroatoms. The van der Waals surface area contributed by atoms with Gasteiger partial charge in [-0.1, -0.05) is 30.3 Å². The molecule has 21 heavy (non-hydrogen) atoms. The average Bonchev–Trinajstić information content (AvgIpc) is 2.94. The van der Waals surface area contributed by atoms with Crippen molar-refractivity contribution < 1.29 is 14.3 Å². The molecule has 0 amide bonds. The van der Waals surface area contributed by atoms with Crippen molar-refractivity contribution in [1.82, 2.24) is 0 Å². The van der Waals surface area contributed by atoms with Gasteiger partial charge in [0.2, 0.25) is 0 Å². The minimum Gasteiger partial charge on any atom is -0.489 e. The zero-order chi connectivity index (χ0) is 14.7. The molecule has 2 aromatic carbocycles. The number of cyclic esters (lactones) is 1. The van der Waals surface area contributed by atoms with Crippen molar-refractivity contribution in [2.75, 3.05) is 0 Å². The average molecular weight is 394 g/mol. The molecule has 0 aliphatic carbocycles. The van der Waals surface area contributed by atoms with E-state index in [9.17, 15) is 4.79 Å². The van der Waals surface area contributed by atoms with Gasteiger partial charge in [-0.3, -0.25) is 4.79 Å². The number of hydrogen-bond donors (Lipinski definition) is 0. The maximum atomic E-state index is 11.1. The Labute approximate surface area is 137 Å². The van der Waals surface area contributed by atoms with E-state index in [1.54, 1.807) is 0 Å². The lowest BCUT2D eigenvalue weighted by molar-refractivity contribution is -0.141. The summed E-state index contributed by atoms with van der Waals surface area (Å²) in [5, 5.41) is 0. The summed E-state index contributed by atoms with van der Waals surface area (Å²) in [6, 6.07) is 15.9. The lowest BCUT2D eigenvalue weighted by atomic mass is 10.1. The van der Waals surface area contributed by atoms with Crippen LogP contribution >= 0.6 is 22.6 Å². The highest BCUT2D eigenvalue weighted by molar-refractivity contribution is 14.1. The van der Waals surface area contributed by atoms with Crippen molar-refractivity contribution in [2.45, 2.75) is 25.6 Å². The quantitative estimate of drug-likeness (QED) is 0.575. The fourth-order valence-electron chi connectivity index (χ4n) is 2.32. The molecule has 3 nitrogen and oxygen atoms in total. The minimum absolute atomic E-state index is 0.0957. The molecule has 3 rings (SSSR count). The Morgan fingerprint density at radius 3 is 2.57 bits per heavy atom. The molecule has 108 valence electrons. The van der Waals surface area contributed by atoms with E-state index in [4.69, 9.17) is 9.47 Å². The van der Waals surface area contributed by atoms with Crippen LogP contribution < -0.4 is 4.74 Å². The fourth-order valence-corrected chi connectivity index (χ4v) is 2.86. The summed E-state index contributed by atoms with van der Waals surface area (Å²) in [6.07, 6.45) is 1.18. The summed E-state index contributed by atoms with van der Waals surface area (Å²) in [6.45, 7) is 0.552. The molecular formula is C17H15IO3. The number of carbonyl (C=O) groups is 1. The molecule has 1 fully saturated rings. The first kappa shape index (κ1) is 14.4. The highest BCUT2D eigenvalue weighted by atomic mass is 127. The van der Waals surface area contributed by atoms with Crippen molar-refractivity contribution in [3.05, 3.63) is 63.2 Å². The Bertz CT molecular complexity index is 637. The second-order valence-corrected chi connectivity index (χ2v) is 6.13. The third-order valence-corrected chi connectivity index (χ3v) is 4.54. The number of rotatable bonds is 4. The third-order valence-electron chi connectivity index (χ3n) is 3.49. The van der Waals surface area contributed by atoms with E-state index < -0.39 is 0 Å². The van der Waals surface area contributed by atoms with Crippen LogP contribution in [-0.2, 0) is 16.1 Å². The van der Waals surface area contributed by atoms with Gasteiger partial charge in [0, 0.05) is 15.6 Å². The van der Waals surface area contributed by atoms with E-state index in [-0.39, 0.29) is 12.1 Å². The third kappa shape index (κ3) is 3.56. The van der Waals surface area contributed by atoms with Crippen LogP contribution in [0.1, 0.15) is 30.1 Å². The van der Waals surface area contributed by atoms with Crippen molar-refractivity contribution in [3.8, 4) is 5.75 Å². The van der Waals surface area contributed by atoms with Crippen LogP contribution in [0.25, 0.3) is 0 Å². The molecule has 1 atom stereocenters. The first-order valence-corrected chi connectivity index (χ1v) is 7.96. The van der Waals surface area contributed by atoms with E-state index >= 15 is 0 Å². The van der Waals surface area contributed by atoms with Crippen molar-refractivity contribution >= 4 is 28.6 Å². The summed E-state index contributed by atoms with van der Waals surface area (Å²) >= 11 is 2.31. The highest BCUT2D eigenvalue weighted by Crippen LogP contribution is 2.30. The van der Waals surface area contributed by atoms with E-state index in [0.717, 1.165) is 17.7 Å². The number of hydrogen-bond acceptors (Lipinski definition) is 3. The van der Waals surface area contributed by atoms with E-state index in [1.165, 1.54) is 9.13 Å². The molecule has 0 bridgehead atoms. The van der Waals surface area contributed by atoms with Crippen molar-refractivity contribution in [2.24, 2.45) is 0 Å². The fraction of sp³-hybridized carbons (Fsp3) is 0.235. The zero-order valence-electron chi connectivity index (χ0n) is 11.4. The zero-order valence-corrected chi connectivity index (χ0v) is 13.6. The molecule has 0 N–H and O–H groups in total. The lowest BCUT2D eigenvalue weighted by Crippen LogP contribution is -2.00. The highest BCUT2D eigenvalue weighted by Gasteiger charge is 2.24. The Kier molecular flexibility index (Phi) is 4.43. The van der Waals surface area contributed by atoms with Gasteiger partial charge in [-0.2, -0.15) is 0 Å². The van der Waals surface area contributed by atoms with Gasteiger partial charge in [-0.05, 0) is 52.8 Å². The SMILES string of the molecule is O=C1CC[C@H](c2ccc(OCc3ccccc3I)cc2)O1. The van der Waals surface area contributed by atoms with E-state index in [0.29, 0.717) is 13.0 Å². The molecule has 1 aliphatic heterocycles. The van der Waals surface area contributed by atoms with E-state index in [1.807, 2.05) is 36.4 Å². The molecule has 0 unspecified atom stereocenters. The number of ether oxygens (including phenoxy) is 2. The Balaban J connectivity index is 1.62. The molecular weight excluding hydrogens is 379 g/mol. The summed E-state index contributed by atoms with van der Waals surface area (Å²) in [4.78, 5) is 11.1. The predicted molar refractivity (Wildman–Crippen MR) is 88.0 cm³/mol. The number of benzene rings is 2. The maximum absolute atomic E-state index is 11.1. The van der Waals surface area contributed by atoms with Gasteiger partial charge < -0.3 is 9.47 Å². The van der Waals surface area contributed by atoms with Gasteiger partial charge in [0.05, 0.1) is 0 Å². The van der Waals surface area contributed by atoms with Crippen LogP contribution in [0, 0.1) is 3.57 Å². The monoisotopic (exact) mass is 394 g/mol. The Morgan fingerprint density at radius 2 is 1.90 bits per heavy atom. The van der Waals surface area contributed by atoms with Gasteiger partial charge in [0.25, 0.3) is 0 Å². The van der Waals surface area contributed by atoms with Gasteiger partial charge >= 0.3 is 5.97 Å². The summed E-state index contributed by atoms with van der Waals surface area (Å²) in [5.74, 6) is 0.710. The molecule has 0 saturated carbocycles. The second-order valence-electron chi connectivity index (χ2n) is 4.97. The minimum atomic E-state index is -0.112. The van der Waals surface area contributed by atoms with Crippen LogP contribution in [0.15, 0.2) is 48.5 Å². The molecule has 0 spiro atoms. The second kappa shape index (κ2) is 6.47. The molecule has 0 radical (unpaired) electrons. The maximum Gasteiger partial charge on any atom is 0.306 e. The van der Waals surface area contributed by atoms with Gasteiger partial charge in [0.15, 0.2) is 0 Å². The van der Waals surface area contributed by atoms with E-state index in [2.05, 4.69) is 34.7 Å². The normalized spacial score (nSPS) is 17.6. The summed E-state index contributed by atoms with van der Waals surface area (Å²) in [7, 11) is 0. The van der Waals surface area contributed by atoms with Crippen LogP contribution in [0.2, 0.25) is 0 Å².